The summed E-state index contributed by atoms with van der Waals surface area (Å²) in [6, 6.07) is 28.1. The third-order valence-corrected chi connectivity index (χ3v) is 11.0. The Morgan fingerprint density at radius 3 is 2.26 bits per heavy atom. The van der Waals surface area contributed by atoms with E-state index in [9.17, 15) is 18.0 Å². The number of hydrogen-bond acceptors (Lipinski definition) is 3. The van der Waals surface area contributed by atoms with Crippen LogP contribution in [0, 0.1) is 5.41 Å². The van der Waals surface area contributed by atoms with Crippen molar-refractivity contribution in [3.8, 4) is 0 Å². The van der Waals surface area contributed by atoms with E-state index in [1.807, 2.05) is 30.9 Å². The number of fused-ring (bicyclic) bond motifs is 3. The van der Waals surface area contributed by atoms with Gasteiger partial charge in [0, 0.05) is 45.3 Å². The van der Waals surface area contributed by atoms with Gasteiger partial charge in [0.1, 0.15) is 0 Å². The number of hydrogen-bond donors (Lipinski definition) is 1. The lowest BCUT2D eigenvalue weighted by Gasteiger charge is -2.41. The molecule has 3 aliphatic rings. The molecule has 7 rings (SSSR count). The average molecular weight is 726 g/mol. The van der Waals surface area contributed by atoms with Crippen LogP contribution in [0.4, 0.5) is 24.5 Å². The van der Waals surface area contributed by atoms with Crippen molar-refractivity contribution < 1.29 is 18.0 Å². The van der Waals surface area contributed by atoms with Gasteiger partial charge in [-0.3, -0.25) is 9.69 Å². The van der Waals surface area contributed by atoms with Crippen molar-refractivity contribution in [3.05, 3.63) is 129 Å². The lowest BCUT2D eigenvalue weighted by molar-refractivity contribution is -0.138. The van der Waals surface area contributed by atoms with Gasteiger partial charge >= 0.3 is 6.18 Å². The van der Waals surface area contributed by atoms with Gasteiger partial charge in [-0.2, -0.15) is 13.2 Å². The minimum Gasteiger partial charge on any atom is -0.385 e. The number of halogens is 3. The first kappa shape index (κ1) is 40.1. The Kier molecular flexibility index (Phi) is 13.1. The summed E-state index contributed by atoms with van der Waals surface area (Å²) in [7, 11) is 0. The zero-order chi connectivity index (χ0) is 38.3. The molecule has 0 saturated carbocycles. The molecule has 0 fully saturated rings. The second-order valence-electron chi connectivity index (χ2n) is 15.5. The molecule has 1 amide bonds. The van der Waals surface area contributed by atoms with Crippen LogP contribution in [-0.2, 0) is 36.9 Å². The summed E-state index contributed by atoms with van der Waals surface area (Å²) < 4.78 is 40.1. The van der Waals surface area contributed by atoms with Crippen LogP contribution in [-0.4, -0.2) is 30.4 Å². The molecule has 0 spiro atoms. The van der Waals surface area contributed by atoms with Crippen LogP contribution in [0.1, 0.15) is 124 Å². The van der Waals surface area contributed by atoms with Gasteiger partial charge in [0.2, 0.25) is 5.91 Å². The molecule has 3 aliphatic heterocycles. The number of nitrogens with zero attached hydrogens (tertiary/aromatic N) is 2. The summed E-state index contributed by atoms with van der Waals surface area (Å²) in [6.45, 7) is 18.5. The summed E-state index contributed by atoms with van der Waals surface area (Å²) in [5.74, 6) is 1.20. The van der Waals surface area contributed by atoms with Crippen molar-refractivity contribution in [3.63, 3.8) is 0 Å². The van der Waals surface area contributed by atoms with Crippen LogP contribution in [0.3, 0.4) is 0 Å². The fourth-order valence-electron chi connectivity index (χ4n) is 8.39. The number of nitrogens with one attached hydrogen (secondary N) is 1. The molecule has 53 heavy (non-hydrogen) atoms. The number of amides is 1. The number of carbonyl (C=O) groups is 1. The zero-order valence-electron chi connectivity index (χ0n) is 32.7. The van der Waals surface area contributed by atoms with Gasteiger partial charge < -0.3 is 10.2 Å². The largest absolute Gasteiger partial charge is 0.416 e. The number of anilines is 2. The van der Waals surface area contributed by atoms with E-state index >= 15 is 0 Å². The quantitative estimate of drug-likeness (QED) is 0.222. The predicted octanol–water partition coefficient (Wildman–Crippen LogP) is 11.8. The maximum atomic E-state index is 13.4. The number of rotatable bonds is 5. The number of benzene rings is 4. The Morgan fingerprint density at radius 1 is 0.849 bits per heavy atom. The molecular formula is C46H58F3N3O. The van der Waals surface area contributed by atoms with Crippen molar-refractivity contribution in [2.24, 2.45) is 5.41 Å². The Morgan fingerprint density at radius 2 is 1.58 bits per heavy atom. The Labute approximate surface area is 315 Å². The van der Waals surface area contributed by atoms with Gasteiger partial charge in [0.25, 0.3) is 0 Å². The van der Waals surface area contributed by atoms with E-state index in [-0.39, 0.29) is 11.3 Å². The summed E-state index contributed by atoms with van der Waals surface area (Å²) >= 11 is 0. The second kappa shape index (κ2) is 17.4. The van der Waals surface area contributed by atoms with Gasteiger partial charge in [-0.05, 0) is 100 Å². The smallest absolute Gasteiger partial charge is 0.385 e. The fourth-order valence-corrected chi connectivity index (χ4v) is 8.39. The van der Waals surface area contributed by atoms with Crippen molar-refractivity contribution in [1.82, 2.24) is 4.90 Å². The van der Waals surface area contributed by atoms with Crippen LogP contribution in [0.5, 0.6) is 0 Å². The van der Waals surface area contributed by atoms with E-state index in [1.165, 1.54) is 45.6 Å². The summed E-state index contributed by atoms with van der Waals surface area (Å²) in [5.41, 5.74) is 9.77. The number of para-hydroxylation sites is 1. The monoisotopic (exact) mass is 725 g/mol. The van der Waals surface area contributed by atoms with E-state index in [0.717, 1.165) is 56.6 Å². The standard InChI is InChI=1S/C22H25F3N2.C22H27NO.C2H6/c1-2-16-8-10-26-21-7-6-15(12-18(16)21)13-27-11-9-17-4-3-5-20(19(17)14-27)22(23,24)25;1-16(24)23-14-13-20(22(2,3)4)19-12-8-11-18(21(19)23)15-17-9-6-5-7-10-17;1-2/h3-7,12,16,26H,2,8-11,13-14H2,1H3;5-12,20H,13-15H2,1-4H3;1-2H3. The van der Waals surface area contributed by atoms with Crippen molar-refractivity contribution in [2.75, 3.05) is 29.9 Å². The summed E-state index contributed by atoms with van der Waals surface area (Å²) in [6.07, 6.45) is 0.530. The molecule has 7 heteroatoms. The van der Waals surface area contributed by atoms with E-state index < -0.39 is 11.7 Å². The van der Waals surface area contributed by atoms with E-state index in [2.05, 4.69) is 98.6 Å². The maximum absolute atomic E-state index is 13.4. The van der Waals surface area contributed by atoms with Crippen LogP contribution in [0.15, 0.2) is 84.9 Å². The molecule has 284 valence electrons. The molecule has 2 atom stereocenters. The minimum absolute atomic E-state index is 0.143. The topological polar surface area (TPSA) is 35.6 Å². The Hall–Kier alpha value is -4.10. The molecule has 4 aromatic carbocycles. The molecule has 1 N–H and O–H groups in total. The van der Waals surface area contributed by atoms with Gasteiger partial charge in [-0.25, -0.2) is 0 Å². The van der Waals surface area contributed by atoms with Gasteiger partial charge in [-0.15, -0.1) is 0 Å². The lowest BCUT2D eigenvalue weighted by Crippen LogP contribution is -2.38. The highest BCUT2D eigenvalue weighted by atomic mass is 19.4. The molecule has 3 heterocycles. The molecule has 0 saturated heterocycles. The highest BCUT2D eigenvalue weighted by molar-refractivity contribution is 5.94. The first-order valence-corrected chi connectivity index (χ1v) is 19.5. The Bertz CT molecular complexity index is 1830. The van der Waals surface area contributed by atoms with Gasteiger partial charge in [0.05, 0.1) is 11.3 Å². The number of alkyl halides is 3. The van der Waals surface area contributed by atoms with Crippen LogP contribution < -0.4 is 10.2 Å². The molecule has 0 aromatic heterocycles. The zero-order valence-corrected chi connectivity index (χ0v) is 32.7. The molecular weight excluding hydrogens is 668 g/mol. The van der Waals surface area contributed by atoms with E-state index in [1.54, 1.807) is 6.92 Å². The highest BCUT2D eigenvalue weighted by Gasteiger charge is 2.37. The SMILES string of the molecule is CC.CC(=O)N1CCC(C(C)(C)C)c2cccc(Cc3ccccc3)c21.CCC1CCNc2ccc(CN3CCc4cccc(C(F)(F)F)c4C3)cc21. The second-order valence-corrected chi connectivity index (χ2v) is 15.5. The van der Waals surface area contributed by atoms with Gasteiger partial charge in [0.15, 0.2) is 0 Å². The first-order chi connectivity index (χ1) is 25.3. The molecule has 0 radical (unpaired) electrons. The van der Waals surface area contributed by atoms with Crippen molar-refractivity contribution in [2.45, 2.75) is 112 Å². The first-order valence-electron chi connectivity index (χ1n) is 19.5. The number of carbonyl (C=O) groups excluding carboxylic acids is 1. The summed E-state index contributed by atoms with van der Waals surface area (Å²) in [5, 5.41) is 3.46. The normalized spacial score (nSPS) is 18.2. The van der Waals surface area contributed by atoms with Gasteiger partial charge in [-0.1, -0.05) is 114 Å². The highest BCUT2D eigenvalue weighted by Crippen LogP contribution is 2.47. The van der Waals surface area contributed by atoms with E-state index in [4.69, 9.17) is 0 Å². The van der Waals surface area contributed by atoms with Crippen molar-refractivity contribution >= 4 is 17.3 Å². The molecule has 0 aliphatic carbocycles. The third-order valence-electron chi connectivity index (χ3n) is 11.0. The van der Waals surface area contributed by atoms with E-state index in [0.29, 0.717) is 36.9 Å². The predicted molar refractivity (Wildman–Crippen MR) is 214 cm³/mol. The van der Waals surface area contributed by atoms with Crippen LogP contribution in [0.2, 0.25) is 0 Å². The molecule has 4 nitrogen and oxygen atoms in total. The minimum atomic E-state index is -4.29. The Balaban J connectivity index is 0.000000197. The summed E-state index contributed by atoms with van der Waals surface area (Å²) in [4.78, 5) is 16.4. The van der Waals surface area contributed by atoms with Crippen LogP contribution in [0.25, 0.3) is 0 Å². The maximum Gasteiger partial charge on any atom is 0.416 e. The lowest BCUT2D eigenvalue weighted by atomic mass is 9.71. The van der Waals surface area contributed by atoms with Crippen molar-refractivity contribution in [1.29, 1.82) is 0 Å². The fraction of sp³-hybridized carbons (Fsp3) is 0.457. The van der Waals surface area contributed by atoms with Crippen LogP contribution >= 0.6 is 0 Å². The average Bonchev–Trinajstić information content (AvgIpc) is 3.14. The molecule has 4 aromatic rings. The third kappa shape index (κ3) is 9.53. The molecule has 2 unspecified atom stereocenters. The molecule has 0 bridgehead atoms.